The molecule has 22 heavy (non-hydrogen) atoms. The molecule has 2 aromatic heterocycles. The number of hydrogen-bond acceptors (Lipinski definition) is 5. The fourth-order valence-corrected chi connectivity index (χ4v) is 1.87. The van der Waals surface area contributed by atoms with Crippen LogP contribution < -0.4 is 4.74 Å². The molecule has 0 aliphatic carbocycles. The highest BCUT2D eigenvalue weighted by Crippen LogP contribution is 2.12. The summed E-state index contributed by atoms with van der Waals surface area (Å²) in [6.45, 7) is -0.000556. The van der Waals surface area contributed by atoms with Gasteiger partial charge in [0.1, 0.15) is 9.21 Å². The number of hydrogen-bond donors (Lipinski definition) is 1. The summed E-state index contributed by atoms with van der Waals surface area (Å²) >= 11 is 6.35. The molecule has 2 aromatic rings. The second kappa shape index (κ2) is 9.50. The van der Waals surface area contributed by atoms with Crippen LogP contribution in [0.2, 0.25) is 0 Å². The Bertz CT molecular complexity index is 624. The molecule has 0 aliphatic rings. The number of halogens is 2. The normalized spacial score (nSPS) is 9.50. The molecule has 8 heteroatoms. The molecule has 0 aliphatic heterocycles. The van der Waals surface area contributed by atoms with Crippen LogP contribution in [-0.4, -0.2) is 40.2 Å². The Morgan fingerprint density at radius 3 is 2.18 bits per heavy atom. The van der Waals surface area contributed by atoms with Crippen molar-refractivity contribution in [1.82, 2.24) is 14.9 Å². The molecule has 118 valence electrons. The highest BCUT2D eigenvalue weighted by atomic mass is 79.9. The van der Waals surface area contributed by atoms with Gasteiger partial charge in [0.25, 0.3) is 0 Å². The van der Waals surface area contributed by atoms with Gasteiger partial charge in [-0.15, -0.1) is 0 Å². The minimum absolute atomic E-state index is 0.000556. The van der Waals surface area contributed by atoms with Crippen LogP contribution >= 0.6 is 31.9 Å². The quantitative estimate of drug-likeness (QED) is 0.737. The SMILES string of the molecule is CN(C)C(=O)Oc1cccc(Br)n1.OCc1cccc(Br)n1. The number of rotatable bonds is 2. The summed E-state index contributed by atoms with van der Waals surface area (Å²) in [7, 11) is 3.22. The molecule has 0 atom stereocenters. The van der Waals surface area contributed by atoms with Crippen molar-refractivity contribution in [3.8, 4) is 5.88 Å². The maximum atomic E-state index is 11.1. The van der Waals surface area contributed by atoms with E-state index in [1.54, 1.807) is 38.4 Å². The zero-order valence-corrected chi connectivity index (χ0v) is 15.2. The fraction of sp³-hybridized carbons (Fsp3) is 0.214. The smallest absolute Gasteiger partial charge is 0.391 e. The van der Waals surface area contributed by atoms with Gasteiger partial charge in [-0.05, 0) is 50.1 Å². The topological polar surface area (TPSA) is 75.6 Å². The van der Waals surface area contributed by atoms with E-state index in [9.17, 15) is 4.79 Å². The van der Waals surface area contributed by atoms with Gasteiger partial charge in [0.15, 0.2) is 0 Å². The van der Waals surface area contributed by atoms with Gasteiger partial charge in [-0.2, -0.15) is 0 Å². The summed E-state index contributed by atoms with van der Waals surface area (Å²) < 4.78 is 6.30. The minimum atomic E-state index is -0.439. The van der Waals surface area contributed by atoms with Gasteiger partial charge in [-0.1, -0.05) is 12.1 Å². The largest absolute Gasteiger partial charge is 0.416 e. The average molecular weight is 433 g/mol. The first kappa shape index (κ1) is 18.5. The standard InChI is InChI=1S/C8H9BrN2O2.C6H6BrNO/c1-11(2)8(12)13-7-5-3-4-6(9)10-7;7-6-3-1-2-5(4-9)8-6/h3-5H,1-2H3;1-3,9H,4H2. The zero-order chi connectivity index (χ0) is 16.5. The molecule has 0 spiro atoms. The van der Waals surface area contributed by atoms with Crippen molar-refractivity contribution in [3.63, 3.8) is 0 Å². The van der Waals surface area contributed by atoms with Crippen molar-refractivity contribution in [2.75, 3.05) is 14.1 Å². The molecule has 0 fully saturated rings. The Balaban J connectivity index is 0.000000235. The minimum Gasteiger partial charge on any atom is -0.391 e. The van der Waals surface area contributed by atoms with Crippen LogP contribution in [0.25, 0.3) is 0 Å². The Hall–Kier alpha value is -1.51. The van der Waals surface area contributed by atoms with Gasteiger partial charge in [-0.3, -0.25) is 0 Å². The first-order valence-electron chi connectivity index (χ1n) is 6.16. The molecular weight excluding hydrogens is 418 g/mol. The molecular formula is C14H15Br2N3O3. The molecule has 2 rings (SSSR count). The maximum absolute atomic E-state index is 11.1. The van der Waals surface area contributed by atoms with Gasteiger partial charge in [0.05, 0.1) is 12.3 Å². The summed E-state index contributed by atoms with van der Waals surface area (Å²) in [5.74, 6) is 0.285. The molecule has 0 aromatic carbocycles. The number of aromatic nitrogens is 2. The summed E-state index contributed by atoms with van der Waals surface area (Å²) in [5.41, 5.74) is 0.685. The van der Waals surface area contributed by atoms with Crippen LogP contribution in [0.1, 0.15) is 5.69 Å². The maximum Gasteiger partial charge on any atom is 0.416 e. The number of amides is 1. The fourth-order valence-electron chi connectivity index (χ4n) is 1.17. The first-order chi connectivity index (χ1) is 10.4. The van der Waals surface area contributed by atoms with Gasteiger partial charge in [0.2, 0.25) is 5.88 Å². The van der Waals surface area contributed by atoms with Crippen molar-refractivity contribution in [2.24, 2.45) is 0 Å². The van der Waals surface area contributed by atoms with Crippen LogP contribution in [-0.2, 0) is 6.61 Å². The van der Waals surface area contributed by atoms with E-state index in [1.165, 1.54) is 4.90 Å². The summed E-state index contributed by atoms with van der Waals surface area (Å²) in [6.07, 6.45) is -0.439. The van der Waals surface area contributed by atoms with E-state index in [4.69, 9.17) is 9.84 Å². The zero-order valence-electron chi connectivity index (χ0n) is 12.0. The van der Waals surface area contributed by atoms with Crippen LogP contribution in [0.4, 0.5) is 4.79 Å². The number of ether oxygens (including phenoxy) is 1. The Morgan fingerprint density at radius 2 is 1.73 bits per heavy atom. The molecule has 1 N–H and O–H groups in total. The lowest BCUT2D eigenvalue weighted by Crippen LogP contribution is -2.25. The molecule has 0 saturated carbocycles. The van der Waals surface area contributed by atoms with Gasteiger partial charge in [0, 0.05) is 20.2 Å². The van der Waals surface area contributed by atoms with Crippen molar-refractivity contribution in [1.29, 1.82) is 0 Å². The first-order valence-corrected chi connectivity index (χ1v) is 7.75. The summed E-state index contributed by atoms with van der Waals surface area (Å²) in [4.78, 5) is 20.3. The number of carbonyl (C=O) groups is 1. The predicted octanol–water partition coefficient (Wildman–Crippen LogP) is 3.24. The number of aliphatic hydroxyl groups is 1. The van der Waals surface area contributed by atoms with Crippen molar-refractivity contribution >= 4 is 38.0 Å². The third-order valence-corrected chi connectivity index (χ3v) is 3.06. The highest BCUT2D eigenvalue weighted by Gasteiger charge is 2.06. The average Bonchev–Trinajstić information content (AvgIpc) is 2.47. The molecule has 0 radical (unpaired) electrons. The molecule has 0 saturated heterocycles. The predicted molar refractivity (Wildman–Crippen MR) is 89.5 cm³/mol. The Labute approximate surface area is 145 Å². The Morgan fingerprint density at radius 1 is 1.14 bits per heavy atom. The van der Waals surface area contributed by atoms with Crippen LogP contribution in [0.5, 0.6) is 5.88 Å². The van der Waals surface area contributed by atoms with E-state index in [0.717, 1.165) is 4.60 Å². The van der Waals surface area contributed by atoms with Gasteiger partial charge >= 0.3 is 6.09 Å². The van der Waals surface area contributed by atoms with Gasteiger partial charge < -0.3 is 14.7 Å². The molecule has 0 unspecified atom stereocenters. The van der Waals surface area contributed by atoms with E-state index < -0.39 is 6.09 Å². The third-order valence-electron chi connectivity index (χ3n) is 2.18. The van der Waals surface area contributed by atoms with Crippen LogP contribution in [0.15, 0.2) is 45.6 Å². The van der Waals surface area contributed by atoms with Crippen LogP contribution in [0.3, 0.4) is 0 Å². The van der Waals surface area contributed by atoms with E-state index in [0.29, 0.717) is 10.3 Å². The lowest BCUT2D eigenvalue weighted by atomic mass is 10.4. The summed E-state index contributed by atoms with van der Waals surface area (Å²) in [6, 6.07) is 10.5. The Kier molecular flexibility index (Phi) is 8.00. The molecule has 2 heterocycles. The van der Waals surface area contributed by atoms with Gasteiger partial charge in [-0.25, -0.2) is 14.8 Å². The second-order valence-corrected chi connectivity index (χ2v) is 5.80. The molecule has 0 bridgehead atoms. The summed E-state index contributed by atoms with van der Waals surface area (Å²) in [5, 5.41) is 8.58. The van der Waals surface area contributed by atoms with E-state index >= 15 is 0 Å². The van der Waals surface area contributed by atoms with Crippen molar-refractivity contribution in [2.45, 2.75) is 6.61 Å². The number of nitrogens with zero attached hydrogens (tertiary/aromatic N) is 3. The number of pyridine rings is 2. The van der Waals surface area contributed by atoms with E-state index in [1.807, 2.05) is 12.1 Å². The highest BCUT2D eigenvalue weighted by molar-refractivity contribution is 9.10. The lowest BCUT2D eigenvalue weighted by molar-refractivity contribution is 0.170. The lowest BCUT2D eigenvalue weighted by Gasteiger charge is -2.09. The second-order valence-electron chi connectivity index (χ2n) is 4.17. The number of aliphatic hydroxyl groups excluding tert-OH is 1. The van der Waals surface area contributed by atoms with Crippen molar-refractivity contribution < 1.29 is 14.6 Å². The van der Waals surface area contributed by atoms with E-state index in [-0.39, 0.29) is 12.5 Å². The third kappa shape index (κ3) is 6.97. The molecule has 6 nitrogen and oxygen atoms in total. The van der Waals surface area contributed by atoms with Crippen molar-refractivity contribution in [3.05, 3.63) is 51.3 Å². The van der Waals surface area contributed by atoms with E-state index in [2.05, 4.69) is 41.8 Å². The number of carbonyl (C=O) groups excluding carboxylic acids is 1. The molecule has 1 amide bonds. The van der Waals surface area contributed by atoms with Crippen LogP contribution in [0, 0.1) is 0 Å². The monoisotopic (exact) mass is 431 g/mol.